The molecule has 0 atom stereocenters. The lowest BCUT2D eigenvalue weighted by molar-refractivity contribution is 0.192. The molecule has 3 rings (SSSR count). The standard InChI is InChI=1S/C18H20N2O3S/c1-24(22,23)17-8-6-14(7-9-17)12-19-18(21)20-11-10-15-4-2-3-5-16(15)13-20/h2-9H,10-13H2,1H3,(H,19,21). The normalized spacial score (nSPS) is 14.1. The molecule has 2 aromatic rings. The second-order valence-electron chi connectivity index (χ2n) is 6.02. The molecule has 1 heterocycles. The molecule has 0 unspecified atom stereocenters. The number of sulfone groups is 1. The third-order valence-corrected chi connectivity index (χ3v) is 5.34. The highest BCUT2D eigenvalue weighted by Crippen LogP contribution is 2.18. The molecule has 0 radical (unpaired) electrons. The van der Waals surface area contributed by atoms with E-state index >= 15 is 0 Å². The lowest BCUT2D eigenvalue weighted by Gasteiger charge is -2.29. The highest BCUT2D eigenvalue weighted by molar-refractivity contribution is 7.90. The summed E-state index contributed by atoms with van der Waals surface area (Å²) in [6, 6.07) is 14.6. The van der Waals surface area contributed by atoms with Crippen molar-refractivity contribution in [3.05, 3.63) is 65.2 Å². The Labute approximate surface area is 142 Å². The van der Waals surface area contributed by atoms with Gasteiger partial charge in [-0.2, -0.15) is 0 Å². The Morgan fingerprint density at radius 3 is 2.42 bits per heavy atom. The average molecular weight is 344 g/mol. The average Bonchev–Trinajstić information content (AvgIpc) is 2.59. The fourth-order valence-corrected chi connectivity index (χ4v) is 3.44. The van der Waals surface area contributed by atoms with Crippen LogP contribution in [0.25, 0.3) is 0 Å². The van der Waals surface area contributed by atoms with Crippen LogP contribution in [-0.2, 0) is 29.3 Å². The molecule has 1 aliphatic heterocycles. The predicted octanol–water partition coefficient (Wildman–Crippen LogP) is 2.36. The van der Waals surface area contributed by atoms with Gasteiger partial charge in [0, 0.05) is 25.9 Å². The zero-order valence-electron chi connectivity index (χ0n) is 13.5. The van der Waals surface area contributed by atoms with Crippen LogP contribution in [0.3, 0.4) is 0 Å². The quantitative estimate of drug-likeness (QED) is 0.929. The Morgan fingerprint density at radius 1 is 1.08 bits per heavy atom. The number of carbonyl (C=O) groups is 1. The van der Waals surface area contributed by atoms with E-state index in [2.05, 4.69) is 17.4 Å². The number of fused-ring (bicyclic) bond motifs is 1. The predicted molar refractivity (Wildman–Crippen MR) is 92.3 cm³/mol. The molecule has 2 aromatic carbocycles. The Hall–Kier alpha value is -2.34. The van der Waals surface area contributed by atoms with Gasteiger partial charge in [-0.05, 0) is 35.2 Å². The minimum absolute atomic E-state index is 0.100. The number of nitrogens with zero attached hydrogens (tertiary/aromatic N) is 1. The van der Waals surface area contributed by atoms with Crippen LogP contribution in [0.5, 0.6) is 0 Å². The number of nitrogens with one attached hydrogen (secondary N) is 1. The fourth-order valence-electron chi connectivity index (χ4n) is 2.81. The first-order chi connectivity index (χ1) is 11.4. The van der Waals surface area contributed by atoms with E-state index in [1.54, 1.807) is 29.2 Å². The van der Waals surface area contributed by atoms with Crippen LogP contribution in [-0.4, -0.2) is 32.1 Å². The third-order valence-electron chi connectivity index (χ3n) is 4.21. The summed E-state index contributed by atoms with van der Waals surface area (Å²) >= 11 is 0. The lowest BCUT2D eigenvalue weighted by Crippen LogP contribution is -2.42. The van der Waals surface area contributed by atoms with Gasteiger partial charge < -0.3 is 10.2 Å². The molecule has 0 saturated heterocycles. The van der Waals surface area contributed by atoms with Crippen molar-refractivity contribution in [3.63, 3.8) is 0 Å². The Kier molecular flexibility index (Phi) is 4.57. The minimum atomic E-state index is -3.19. The number of carbonyl (C=O) groups excluding carboxylic acids is 1. The van der Waals surface area contributed by atoms with E-state index in [-0.39, 0.29) is 10.9 Å². The molecular formula is C18H20N2O3S. The molecule has 0 aliphatic carbocycles. The molecule has 0 saturated carbocycles. The van der Waals surface area contributed by atoms with E-state index in [1.165, 1.54) is 17.4 Å². The van der Waals surface area contributed by atoms with Crippen LogP contribution < -0.4 is 5.32 Å². The highest BCUT2D eigenvalue weighted by Gasteiger charge is 2.19. The molecule has 0 fully saturated rings. The van der Waals surface area contributed by atoms with E-state index in [0.29, 0.717) is 19.6 Å². The van der Waals surface area contributed by atoms with E-state index in [1.807, 2.05) is 12.1 Å². The van der Waals surface area contributed by atoms with Crippen LogP contribution in [0.1, 0.15) is 16.7 Å². The monoisotopic (exact) mass is 344 g/mol. The molecule has 6 heteroatoms. The summed E-state index contributed by atoms with van der Waals surface area (Å²) in [6.45, 7) is 1.70. The van der Waals surface area contributed by atoms with Gasteiger partial charge in [0.25, 0.3) is 0 Å². The van der Waals surface area contributed by atoms with Crippen LogP contribution >= 0.6 is 0 Å². The van der Waals surface area contributed by atoms with Crippen molar-refractivity contribution >= 4 is 15.9 Å². The maximum atomic E-state index is 12.3. The van der Waals surface area contributed by atoms with E-state index in [0.717, 1.165) is 12.0 Å². The van der Waals surface area contributed by atoms with Gasteiger partial charge in [-0.25, -0.2) is 13.2 Å². The maximum Gasteiger partial charge on any atom is 0.317 e. The van der Waals surface area contributed by atoms with Crippen molar-refractivity contribution < 1.29 is 13.2 Å². The third kappa shape index (κ3) is 3.76. The maximum absolute atomic E-state index is 12.3. The van der Waals surface area contributed by atoms with Gasteiger partial charge in [0.2, 0.25) is 0 Å². The number of urea groups is 1. The minimum Gasteiger partial charge on any atom is -0.334 e. The van der Waals surface area contributed by atoms with Crippen molar-refractivity contribution in [1.29, 1.82) is 0 Å². The molecule has 5 nitrogen and oxygen atoms in total. The number of benzene rings is 2. The fraction of sp³-hybridized carbons (Fsp3) is 0.278. The van der Waals surface area contributed by atoms with Gasteiger partial charge in [0.1, 0.15) is 0 Å². The Balaban J connectivity index is 1.58. The molecule has 1 N–H and O–H groups in total. The summed E-state index contributed by atoms with van der Waals surface area (Å²) < 4.78 is 22.9. The summed E-state index contributed by atoms with van der Waals surface area (Å²) in [5, 5.41) is 2.90. The molecule has 126 valence electrons. The van der Waals surface area contributed by atoms with Crippen LogP contribution in [0.4, 0.5) is 4.79 Å². The Morgan fingerprint density at radius 2 is 1.75 bits per heavy atom. The van der Waals surface area contributed by atoms with Crippen LogP contribution in [0, 0.1) is 0 Å². The zero-order valence-corrected chi connectivity index (χ0v) is 14.3. The van der Waals surface area contributed by atoms with Crippen LogP contribution in [0.2, 0.25) is 0 Å². The largest absolute Gasteiger partial charge is 0.334 e. The summed E-state index contributed by atoms with van der Waals surface area (Å²) in [5.41, 5.74) is 3.36. The zero-order chi connectivity index (χ0) is 17.2. The Bertz CT molecular complexity index is 845. The molecule has 0 spiro atoms. The van der Waals surface area contributed by atoms with Gasteiger partial charge in [-0.15, -0.1) is 0 Å². The molecule has 2 amide bonds. The van der Waals surface area contributed by atoms with Crippen LogP contribution in [0.15, 0.2) is 53.4 Å². The number of hydrogen-bond donors (Lipinski definition) is 1. The molecule has 1 aliphatic rings. The molecular weight excluding hydrogens is 324 g/mol. The summed E-state index contributed by atoms with van der Waals surface area (Å²) in [5.74, 6) is 0. The number of rotatable bonds is 3. The molecule has 0 aromatic heterocycles. The number of hydrogen-bond acceptors (Lipinski definition) is 3. The van der Waals surface area contributed by atoms with Crippen molar-refractivity contribution in [3.8, 4) is 0 Å². The smallest absolute Gasteiger partial charge is 0.317 e. The first-order valence-corrected chi connectivity index (χ1v) is 9.71. The van der Waals surface area contributed by atoms with Crippen molar-refractivity contribution in [2.45, 2.75) is 24.4 Å². The summed E-state index contributed by atoms with van der Waals surface area (Å²) in [6.07, 6.45) is 2.05. The number of amides is 2. The van der Waals surface area contributed by atoms with E-state index in [9.17, 15) is 13.2 Å². The summed E-state index contributed by atoms with van der Waals surface area (Å²) in [4.78, 5) is 14.4. The van der Waals surface area contributed by atoms with Gasteiger partial charge in [0.15, 0.2) is 9.84 Å². The van der Waals surface area contributed by atoms with E-state index in [4.69, 9.17) is 0 Å². The first-order valence-electron chi connectivity index (χ1n) is 7.82. The second kappa shape index (κ2) is 6.65. The first kappa shape index (κ1) is 16.5. The second-order valence-corrected chi connectivity index (χ2v) is 8.03. The topological polar surface area (TPSA) is 66.5 Å². The molecule has 24 heavy (non-hydrogen) atoms. The van der Waals surface area contributed by atoms with Crippen molar-refractivity contribution in [2.75, 3.05) is 12.8 Å². The lowest BCUT2D eigenvalue weighted by atomic mass is 10.0. The van der Waals surface area contributed by atoms with Gasteiger partial charge in [0.05, 0.1) is 4.90 Å². The van der Waals surface area contributed by atoms with Gasteiger partial charge in [-0.1, -0.05) is 36.4 Å². The summed E-state index contributed by atoms with van der Waals surface area (Å²) in [7, 11) is -3.19. The van der Waals surface area contributed by atoms with Gasteiger partial charge >= 0.3 is 6.03 Å². The highest BCUT2D eigenvalue weighted by atomic mass is 32.2. The SMILES string of the molecule is CS(=O)(=O)c1ccc(CNC(=O)N2CCc3ccccc3C2)cc1. The van der Waals surface area contributed by atoms with Gasteiger partial charge in [-0.3, -0.25) is 0 Å². The van der Waals surface area contributed by atoms with Crippen molar-refractivity contribution in [2.24, 2.45) is 0 Å². The molecule has 0 bridgehead atoms. The van der Waals surface area contributed by atoms with E-state index < -0.39 is 9.84 Å². The van der Waals surface area contributed by atoms with Crippen molar-refractivity contribution in [1.82, 2.24) is 10.2 Å².